The minimum absolute atomic E-state index is 0.714. The molecular weight excluding hydrogens is 218 g/mol. The highest BCUT2D eigenvalue weighted by Crippen LogP contribution is 2.18. The topological polar surface area (TPSA) is 12.0 Å². The third-order valence-electron chi connectivity index (χ3n) is 2.74. The maximum Gasteiger partial charge on any atom is 0.0406 e. The van der Waals surface area contributed by atoms with Crippen LogP contribution in [0.5, 0.6) is 0 Å². The molecule has 1 nitrogen and oxygen atoms in total. The summed E-state index contributed by atoms with van der Waals surface area (Å²) in [6, 6.07) is 8.21. The van der Waals surface area contributed by atoms with Crippen molar-refractivity contribution in [1.82, 2.24) is 5.32 Å². The molecule has 1 unspecified atom stereocenters. The summed E-state index contributed by atoms with van der Waals surface area (Å²) in [7, 11) is 2.02. The van der Waals surface area contributed by atoms with Crippen molar-refractivity contribution in [2.24, 2.45) is 11.8 Å². The third-order valence-corrected chi connectivity index (χ3v) is 2.99. The first-order chi connectivity index (χ1) is 7.61. The first-order valence-electron chi connectivity index (χ1n) is 6.01. The predicted octanol–water partition coefficient (Wildman–Crippen LogP) is 3.76. The number of halogens is 1. The molecule has 0 radical (unpaired) electrons. The van der Waals surface area contributed by atoms with Gasteiger partial charge in [-0.05, 0) is 56.0 Å². The molecule has 0 spiro atoms. The molecule has 0 fully saturated rings. The highest BCUT2D eigenvalue weighted by atomic mass is 35.5. The molecule has 0 bridgehead atoms. The molecule has 1 rings (SSSR count). The van der Waals surface area contributed by atoms with Gasteiger partial charge in [-0.3, -0.25) is 0 Å². The second-order valence-corrected chi connectivity index (χ2v) is 5.32. The van der Waals surface area contributed by atoms with Gasteiger partial charge in [-0.15, -0.1) is 0 Å². The lowest BCUT2D eigenvalue weighted by molar-refractivity contribution is 0.395. The molecule has 0 aromatic heterocycles. The molecule has 0 aliphatic rings. The summed E-state index contributed by atoms with van der Waals surface area (Å²) < 4.78 is 0. The van der Waals surface area contributed by atoms with E-state index in [4.69, 9.17) is 11.6 Å². The fourth-order valence-electron chi connectivity index (χ4n) is 2.15. The zero-order valence-electron chi connectivity index (χ0n) is 10.5. The van der Waals surface area contributed by atoms with Crippen molar-refractivity contribution < 1.29 is 0 Å². The Morgan fingerprint density at radius 2 is 1.81 bits per heavy atom. The van der Waals surface area contributed by atoms with Crippen molar-refractivity contribution in [3.63, 3.8) is 0 Å². The lowest BCUT2D eigenvalue weighted by atomic mass is 9.91. The van der Waals surface area contributed by atoms with Gasteiger partial charge in [0.05, 0.1) is 0 Å². The van der Waals surface area contributed by atoms with Crippen molar-refractivity contribution in [3.8, 4) is 0 Å². The van der Waals surface area contributed by atoms with Gasteiger partial charge >= 0.3 is 0 Å². The zero-order valence-corrected chi connectivity index (χ0v) is 11.2. The Balaban J connectivity index is 2.56. The van der Waals surface area contributed by atoms with Crippen LogP contribution in [0.2, 0.25) is 5.02 Å². The molecule has 16 heavy (non-hydrogen) atoms. The van der Waals surface area contributed by atoms with Gasteiger partial charge in [0.25, 0.3) is 0 Å². The number of rotatable bonds is 6. The van der Waals surface area contributed by atoms with Gasteiger partial charge in [0.15, 0.2) is 0 Å². The van der Waals surface area contributed by atoms with E-state index in [1.54, 1.807) is 0 Å². The minimum atomic E-state index is 0.714. The lowest BCUT2D eigenvalue weighted by Gasteiger charge is -2.18. The maximum absolute atomic E-state index is 5.88. The van der Waals surface area contributed by atoms with Crippen molar-refractivity contribution in [2.45, 2.75) is 26.7 Å². The molecule has 0 saturated carbocycles. The van der Waals surface area contributed by atoms with Crippen LogP contribution >= 0.6 is 11.6 Å². The van der Waals surface area contributed by atoms with E-state index in [2.05, 4.69) is 31.3 Å². The van der Waals surface area contributed by atoms with Crippen molar-refractivity contribution in [1.29, 1.82) is 0 Å². The second kappa shape index (κ2) is 6.93. The van der Waals surface area contributed by atoms with E-state index in [0.717, 1.165) is 23.9 Å². The molecule has 1 atom stereocenters. The average Bonchev–Trinajstić information content (AvgIpc) is 2.21. The van der Waals surface area contributed by atoms with Gasteiger partial charge in [-0.2, -0.15) is 0 Å². The van der Waals surface area contributed by atoms with E-state index >= 15 is 0 Å². The summed E-state index contributed by atoms with van der Waals surface area (Å²) in [5.41, 5.74) is 1.38. The number of benzene rings is 1. The van der Waals surface area contributed by atoms with Crippen molar-refractivity contribution in [3.05, 3.63) is 34.9 Å². The summed E-state index contributed by atoms with van der Waals surface area (Å²) in [6.07, 6.45) is 2.40. The fourth-order valence-corrected chi connectivity index (χ4v) is 2.27. The first-order valence-corrected chi connectivity index (χ1v) is 6.38. The Morgan fingerprint density at radius 1 is 1.19 bits per heavy atom. The molecule has 0 saturated heterocycles. The van der Waals surface area contributed by atoms with Gasteiger partial charge in [0.1, 0.15) is 0 Å². The smallest absolute Gasteiger partial charge is 0.0406 e. The van der Waals surface area contributed by atoms with Crippen LogP contribution in [-0.2, 0) is 6.42 Å². The largest absolute Gasteiger partial charge is 0.319 e. The van der Waals surface area contributed by atoms with Crippen LogP contribution in [0.15, 0.2) is 24.3 Å². The Bertz CT molecular complexity index is 292. The van der Waals surface area contributed by atoms with E-state index in [-0.39, 0.29) is 0 Å². The van der Waals surface area contributed by atoms with Gasteiger partial charge in [0, 0.05) is 5.02 Å². The van der Waals surface area contributed by atoms with Crippen LogP contribution in [0.25, 0.3) is 0 Å². The Hall–Kier alpha value is -0.530. The fraction of sp³-hybridized carbons (Fsp3) is 0.571. The average molecular weight is 240 g/mol. The third kappa shape index (κ3) is 5.00. The molecule has 1 N–H and O–H groups in total. The number of hydrogen-bond acceptors (Lipinski definition) is 1. The Morgan fingerprint density at radius 3 is 2.31 bits per heavy atom. The SMILES string of the molecule is CNCC(Cc1ccc(Cl)cc1)CC(C)C. The van der Waals surface area contributed by atoms with Crippen molar-refractivity contribution >= 4 is 11.6 Å². The molecule has 90 valence electrons. The Labute approximate surface area is 104 Å². The van der Waals surface area contributed by atoms with E-state index in [9.17, 15) is 0 Å². The summed E-state index contributed by atoms with van der Waals surface area (Å²) in [5.74, 6) is 1.47. The first kappa shape index (κ1) is 13.5. The molecule has 1 aromatic carbocycles. The number of nitrogens with one attached hydrogen (secondary N) is 1. The van der Waals surface area contributed by atoms with Crippen LogP contribution in [0, 0.1) is 11.8 Å². The highest BCUT2D eigenvalue weighted by Gasteiger charge is 2.10. The van der Waals surface area contributed by atoms with Crippen LogP contribution in [-0.4, -0.2) is 13.6 Å². The van der Waals surface area contributed by atoms with Gasteiger partial charge in [-0.25, -0.2) is 0 Å². The molecule has 0 heterocycles. The summed E-state index contributed by atoms with van der Waals surface area (Å²) >= 11 is 5.88. The predicted molar refractivity (Wildman–Crippen MR) is 72.0 cm³/mol. The van der Waals surface area contributed by atoms with Gasteiger partial charge in [-0.1, -0.05) is 37.6 Å². The van der Waals surface area contributed by atoms with E-state index in [0.29, 0.717) is 5.92 Å². The minimum Gasteiger partial charge on any atom is -0.319 e. The molecule has 0 aliphatic heterocycles. The van der Waals surface area contributed by atoms with E-state index in [1.807, 2.05) is 19.2 Å². The quantitative estimate of drug-likeness (QED) is 0.797. The summed E-state index contributed by atoms with van der Waals surface area (Å²) in [6.45, 7) is 5.65. The van der Waals surface area contributed by atoms with Crippen LogP contribution < -0.4 is 5.32 Å². The lowest BCUT2D eigenvalue weighted by Crippen LogP contribution is -2.22. The molecule has 1 aromatic rings. The van der Waals surface area contributed by atoms with Gasteiger partial charge < -0.3 is 5.32 Å². The normalized spacial score (nSPS) is 13.1. The zero-order chi connectivity index (χ0) is 12.0. The monoisotopic (exact) mass is 239 g/mol. The van der Waals surface area contributed by atoms with E-state index in [1.165, 1.54) is 12.0 Å². The van der Waals surface area contributed by atoms with E-state index < -0.39 is 0 Å². The maximum atomic E-state index is 5.88. The molecule has 0 amide bonds. The summed E-state index contributed by atoms with van der Waals surface area (Å²) in [4.78, 5) is 0. The van der Waals surface area contributed by atoms with Crippen molar-refractivity contribution in [2.75, 3.05) is 13.6 Å². The molecular formula is C14H22ClN. The van der Waals surface area contributed by atoms with Crippen LogP contribution in [0.4, 0.5) is 0 Å². The molecule has 2 heteroatoms. The van der Waals surface area contributed by atoms with Gasteiger partial charge in [0.2, 0.25) is 0 Å². The summed E-state index contributed by atoms with van der Waals surface area (Å²) in [5, 5.41) is 4.10. The standard InChI is InChI=1S/C14H22ClN/c1-11(2)8-13(10-16-3)9-12-4-6-14(15)7-5-12/h4-7,11,13,16H,8-10H2,1-3H3. The highest BCUT2D eigenvalue weighted by molar-refractivity contribution is 6.30. The Kier molecular flexibility index (Phi) is 5.86. The van der Waals surface area contributed by atoms with Crippen LogP contribution in [0.3, 0.4) is 0 Å². The van der Waals surface area contributed by atoms with Crippen LogP contribution in [0.1, 0.15) is 25.8 Å². The second-order valence-electron chi connectivity index (χ2n) is 4.88. The molecule has 0 aliphatic carbocycles. The number of hydrogen-bond donors (Lipinski definition) is 1.